The van der Waals surface area contributed by atoms with Crippen LogP contribution in [-0.4, -0.2) is 48.4 Å². The van der Waals surface area contributed by atoms with Crippen molar-refractivity contribution >= 4 is 23.8 Å². The Morgan fingerprint density at radius 1 is 1.56 bits per heavy atom. The Balaban J connectivity index is 2.47. The van der Waals surface area contributed by atoms with E-state index in [-0.39, 0.29) is 11.2 Å². The van der Waals surface area contributed by atoms with Crippen molar-refractivity contribution in [2.45, 2.75) is 25.8 Å². The zero-order chi connectivity index (χ0) is 12.0. The van der Waals surface area contributed by atoms with Crippen LogP contribution in [0.5, 0.6) is 0 Å². The normalized spacial score (nSPS) is 20.6. The van der Waals surface area contributed by atoms with Gasteiger partial charge >= 0.3 is 5.97 Å². The Labute approximate surface area is 101 Å². The quantitative estimate of drug-likeness (QED) is 0.434. The first-order valence-corrected chi connectivity index (χ1v) is 5.98. The molecule has 1 saturated heterocycles. The zero-order valence-corrected chi connectivity index (χ0v) is 10.3. The van der Waals surface area contributed by atoms with Gasteiger partial charge in [-0.25, -0.2) is 4.79 Å². The van der Waals surface area contributed by atoms with Crippen molar-refractivity contribution in [3.05, 3.63) is 0 Å². The van der Waals surface area contributed by atoms with Crippen LogP contribution in [0.15, 0.2) is 0 Å². The molecule has 0 bridgehead atoms. The van der Waals surface area contributed by atoms with Crippen molar-refractivity contribution < 1.29 is 14.3 Å². The number of hydrogen-bond donors (Lipinski definition) is 2. The van der Waals surface area contributed by atoms with Crippen molar-refractivity contribution in [1.82, 2.24) is 10.2 Å². The number of unbranched alkanes of at least 4 members (excludes halogenated alkanes) is 1. The smallest absolute Gasteiger partial charge is 0.330 e. The summed E-state index contributed by atoms with van der Waals surface area (Å²) in [6, 6.07) is -0.532. The van der Waals surface area contributed by atoms with Gasteiger partial charge in [0.1, 0.15) is 6.04 Å². The summed E-state index contributed by atoms with van der Waals surface area (Å²) in [4.78, 5) is 24.3. The van der Waals surface area contributed by atoms with Gasteiger partial charge in [0.2, 0.25) is 0 Å². The molecule has 1 unspecified atom stereocenters. The molecule has 16 heavy (non-hydrogen) atoms. The predicted octanol–water partition coefficient (Wildman–Crippen LogP) is 0.653. The summed E-state index contributed by atoms with van der Waals surface area (Å²) >= 11 is 3.76. The average molecular weight is 246 g/mol. The van der Waals surface area contributed by atoms with E-state index in [0.29, 0.717) is 26.2 Å². The fourth-order valence-corrected chi connectivity index (χ4v) is 1.80. The largest absolute Gasteiger partial charge is 0.464 e. The summed E-state index contributed by atoms with van der Waals surface area (Å²) in [6.07, 6.45) is 1.83. The predicted molar refractivity (Wildman–Crippen MR) is 63.6 cm³/mol. The first-order chi connectivity index (χ1) is 7.66. The molecule has 92 valence electrons. The second-order valence-corrected chi connectivity index (χ2v) is 4.10. The van der Waals surface area contributed by atoms with Crippen LogP contribution >= 0.6 is 12.6 Å². The van der Waals surface area contributed by atoms with E-state index in [2.05, 4.69) is 17.9 Å². The minimum absolute atomic E-state index is 0.344. The molecule has 0 spiro atoms. The SMILES string of the molecule is CCCCOC(=O)C1CNCCN1C(=O)S. The van der Waals surface area contributed by atoms with Crippen molar-refractivity contribution in [2.24, 2.45) is 0 Å². The minimum atomic E-state index is -0.532. The fraction of sp³-hybridized carbons (Fsp3) is 0.800. The third-order valence-electron chi connectivity index (χ3n) is 2.50. The molecule has 0 saturated carbocycles. The Hall–Kier alpha value is -0.750. The van der Waals surface area contributed by atoms with Crippen LogP contribution in [0.2, 0.25) is 0 Å². The number of esters is 1. The van der Waals surface area contributed by atoms with Crippen LogP contribution in [0.25, 0.3) is 0 Å². The average Bonchev–Trinajstić information content (AvgIpc) is 2.29. The number of amides is 1. The van der Waals surface area contributed by atoms with E-state index in [1.165, 1.54) is 4.90 Å². The molecule has 1 heterocycles. The third-order valence-corrected chi connectivity index (χ3v) is 2.76. The summed E-state index contributed by atoms with van der Waals surface area (Å²) < 4.78 is 5.10. The minimum Gasteiger partial charge on any atom is -0.464 e. The van der Waals surface area contributed by atoms with E-state index in [0.717, 1.165) is 12.8 Å². The van der Waals surface area contributed by atoms with Gasteiger partial charge in [-0.2, -0.15) is 0 Å². The second kappa shape index (κ2) is 6.75. The van der Waals surface area contributed by atoms with Gasteiger partial charge in [0.25, 0.3) is 5.24 Å². The number of piperazine rings is 1. The molecule has 0 radical (unpaired) electrons. The topological polar surface area (TPSA) is 58.6 Å². The molecule has 0 aromatic carbocycles. The monoisotopic (exact) mass is 246 g/mol. The van der Waals surface area contributed by atoms with E-state index in [9.17, 15) is 9.59 Å². The summed E-state index contributed by atoms with van der Waals surface area (Å²) in [7, 11) is 0. The maximum absolute atomic E-state index is 11.7. The van der Waals surface area contributed by atoms with Crippen molar-refractivity contribution in [3.63, 3.8) is 0 Å². The molecule has 1 aliphatic rings. The van der Waals surface area contributed by atoms with Crippen LogP contribution in [0.4, 0.5) is 4.79 Å². The lowest BCUT2D eigenvalue weighted by Crippen LogP contribution is -2.56. The van der Waals surface area contributed by atoms with Crippen LogP contribution < -0.4 is 5.32 Å². The fourth-order valence-electron chi connectivity index (χ4n) is 1.56. The Morgan fingerprint density at radius 3 is 2.94 bits per heavy atom. The zero-order valence-electron chi connectivity index (χ0n) is 9.44. The van der Waals surface area contributed by atoms with Crippen molar-refractivity contribution in [3.8, 4) is 0 Å². The molecule has 6 heteroatoms. The standard InChI is InChI=1S/C10H18N2O3S/c1-2-3-6-15-9(13)8-7-11-4-5-12(8)10(14)16/h8,11H,2-7H2,1H3,(H,14,16). The number of thiol groups is 1. The van der Waals surface area contributed by atoms with Crippen molar-refractivity contribution in [1.29, 1.82) is 0 Å². The summed E-state index contributed by atoms with van der Waals surface area (Å²) in [6.45, 7) is 4.07. The molecule has 1 aliphatic heterocycles. The first kappa shape index (κ1) is 13.3. The number of ether oxygens (including phenoxy) is 1. The van der Waals surface area contributed by atoms with Crippen molar-refractivity contribution in [2.75, 3.05) is 26.2 Å². The number of carbonyl (C=O) groups excluding carboxylic acids is 2. The van der Waals surface area contributed by atoms with Crippen LogP contribution in [0.3, 0.4) is 0 Å². The molecule has 1 amide bonds. The van der Waals surface area contributed by atoms with Gasteiger partial charge in [0, 0.05) is 19.6 Å². The number of nitrogens with one attached hydrogen (secondary N) is 1. The highest BCUT2D eigenvalue weighted by molar-refractivity contribution is 7.96. The van der Waals surface area contributed by atoms with Gasteiger partial charge in [0.05, 0.1) is 6.61 Å². The number of rotatable bonds is 4. The molecular weight excluding hydrogens is 228 g/mol. The van der Waals surface area contributed by atoms with Crippen LogP contribution in [0.1, 0.15) is 19.8 Å². The van der Waals surface area contributed by atoms with E-state index < -0.39 is 6.04 Å². The highest BCUT2D eigenvalue weighted by Gasteiger charge is 2.31. The lowest BCUT2D eigenvalue weighted by molar-refractivity contribution is -0.149. The molecule has 0 aromatic rings. The maximum atomic E-state index is 11.7. The van der Waals surface area contributed by atoms with E-state index in [1.54, 1.807) is 0 Å². The lowest BCUT2D eigenvalue weighted by atomic mass is 10.2. The molecule has 5 nitrogen and oxygen atoms in total. The molecule has 1 rings (SSSR count). The Kier molecular flexibility index (Phi) is 5.62. The maximum Gasteiger partial charge on any atom is 0.330 e. The Morgan fingerprint density at radius 2 is 2.31 bits per heavy atom. The summed E-state index contributed by atoms with van der Waals surface area (Å²) in [5.41, 5.74) is 0. The van der Waals surface area contributed by atoms with E-state index in [4.69, 9.17) is 4.74 Å². The molecule has 1 atom stereocenters. The Bertz CT molecular complexity index is 260. The molecule has 0 aromatic heterocycles. The van der Waals surface area contributed by atoms with Crippen LogP contribution in [-0.2, 0) is 9.53 Å². The second-order valence-electron chi connectivity index (χ2n) is 3.72. The first-order valence-electron chi connectivity index (χ1n) is 5.53. The molecule has 1 N–H and O–H groups in total. The van der Waals surface area contributed by atoms with Gasteiger partial charge < -0.3 is 15.0 Å². The van der Waals surface area contributed by atoms with Gasteiger partial charge in [-0.3, -0.25) is 4.79 Å². The number of hydrogen-bond acceptors (Lipinski definition) is 4. The van der Waals surface area contributed by atoms with Crippen LogP contribution in [0, 0.1) is 0 Å². The van der Waals surface area contributed by atoms with Gasteiger partial charge in [-0.05, 0) is 6.42 Å². The number of carbonyl (C=O) groups is 2. The van der Waals surface area contributed by atoms with Gasteiger partial charge in [-0.1, -0.05) is 26.0 Å². The molecular formula is C10H18N2O3S. The third kappa shape index (κ3) is 3.68. The molecule has 1 fully saturated rings. The molecule has 0 aliphatic carbocycles. The van der Waals surface area contributed by atoms with E-state index >= 15 is 0 Å². The summed E-state index contributed by atoms with van der Waals surface area (Å²) in [5, 5.41) is 2.69. The number of nitrogens with zero attached hydrogens (tertiary/aromatic N) is 1. The highest BCUT2D eigenvalue weighted by atomic mass is 32.1. The van der Waals surface area contributed by atoms with Gasteiger partial charge in [-0.15, -0.1) is 0 Å². The highest BCUT2D eigenvalue weighted by Crippen LogP contribution is 2.09. The van der Waals surface area contributed by atoms with E-state index in [1.807, 2.05) is 6.92 Å². The lowest BCUT2D eigenvalue weighted by Gasteiger charge is -2.33. The van der Waals surface area contributed by atoms with Gasteiger partial charge in [0.15, 0.2) is 0 Å². The summed E-state index contributed by atoms with van der Waals surface area (Å²) in [5.74, 6) is -0.344.